The van der Waals surface area contributed by atoms with Gasteiger partial charge in [-0.3, -0.25) is 0 Å². The van der Waals surface area contributed by atoms with Crippen molar-refractivity contribution in [1.29, 1.82) is 0 Å². The van der Waals surface area contributed by atoms with E-state index in [0.717, 1.165) is 44.1 Å². The van der Waals surface area contributed by atoms with Crippen LogP contribution in [0, 0.1) is 5.82 Å². The second kappa shape index (κ2) is 6.64. The number of nitrogens with zero attached hydrogens (tertiary/aromatic N) is 5. The Morgan fingerprint density at radius 2 is 2.04 bits per heavy atom. The van der Waals surface area contributed by atoms with E-state index in [4.69, 9.17) is 21.3 Å². The van der Waals surface area contributed by atoms with Crippen molar-refractivity contribution in [3.8, 4) is 0 Å². The maximum atomic E-state index is 14.1. The van der Waals surface area contributed by atoms with Crippen molar-refractivity contribution < 1.29 is 9.13 Å². The van der Waals surface area contributed by atoms with E-state index >= 15 is 0 Å². The summed E-state index contributed by atoms with van der Waals surface area (Å²) in [7, 11) is 0. The van der Waals surface area contributed by atoms with Gasteiger partial charge in [-0.2, -0.15) is 5.10 Å². The van der Waals surface area contributed by atoms with Crippen LogP contribution in [0.4, 0.5) is 10.2 Å². The van der Waals surface area contributed by atoms with E-state index in [9.17, 15) is 4.39 Å². The average molecular weight is 352 g/mol. The minimum absolute atomic E-state index is 0.307. The van der Waals surface area contributed by atoms with Crippen molar-refractivity contribution in [3.63, 3.8) is 0 Å². The van der Waals surface area contributed by atoms with Crippen molar-refractivity contribution in [1.82, 2.24) is 19.7 Å². The summed E-state index contributed by atoms with van der Waals surface area (Å²) in [5.74, 6) is 2.24. The van der Waals surface area contributed by atoms with E-state index in [2.05, 4.69) is 10.1 Å². The van der Waals surface area contributed by atoms with Crippen LogP contribution in [-0.2, 0) is 17.7 Å². The highest BCUT2D eigenvalue weighted by atomic mass is 35.5. The molecule has 0 atom stereocenters. The highest BCUT2D eigenvalue weighted by Crippen LogP contribution is 2.26. The zero-order chi connectivity index (χ0) is 16.5. The topological polar surface area (TPSA) is 56.1 Å². The van der Waals surface area contributed by atoms with E-state index in [1.165, 1.54) is 12.3 Å². The Balaban J connectivity index is 1.49. The fourth-order valence-corrected chi connectivity index (χ4v) is 3.45. The van der Waals surface area contributed by atoms with Crippen molar-refractivity contribution in [3.05, 3.63) is 34.8 Å². The lowest BCUT2D eigenvalue weighted by atomic mass is 10.00. The van der Waals surface area contributed by atoms with Gasteiger partial charge >= 0.3 is 0 Å². The minimum Gasteiger partial charge on any atom is -0.381 e. The Labute approximate surface area is 144 Å². The smallest absolute Gasteiger partial charge is 0.167 e. The number of pyridine rings is 1. The Morgan fingerprint density at radius 1 is 1.21 bits per heavy atom. The molecule has 128 valence electrons. The summed E-state index contributed by atoms with van der Waals surface area (Å²) in [6, 6.07) is 1.30. The average Bonchev–Trinajstić information content (AvgIpc) is 2.90. The second-order valence-electron chi connectivity index (χ2n) is 6.19. The molecule has 0 aliphatic carbocycles. The number of hydrogen-bond acceptors (Lipinski definition) is 5. The number of anilines is 1. The molecule has 0 saturated carbocycles. The number of halogens is 2. The summed E-state index contributed by atoms with van der Waals surface area (Å²) >= 11 is 5.78. The molecule has 24 heavy (non-hydrogen) atoms. The molecule has 0 bridgehead atoms. The number of fused-ring (bicyclic) bond motifs is 1. The summed E-state index contributed by atoms with van der Waals surface area (Å²) in [6.45, 7) is 3.55. The summed E-state index contributed by atoms with van der Waals surface area (Å²) in [5, 5.41) is 4.99. The van der Waals surface area contributed by atoms with Crippen LogP contribution < -0.4 is 4.90 Å². The standard InChI is InChI=1S/C16H19ClFN5O/c17-12-9-13(18)16(19-10-12)22-4-1-14-20-15(21-23(14)6-5-22)11-2-7-24-8-3-11/h9-11H,1-8H2. The Kier molecular flexibility index (Phi) is 4.37. The first-order valence-corrected chi connectivity index (χ1v) is 8.66. The zero-order valence-corrected chi connectivity index (χ0v) is 14.0. The van der Waals surface area contributed by atoms with E-state index in [1.807, 2.05) is 9.58 Å². The van der Waals surface area contributed by atoms with E-state index in [-0.39, 0.29) is 0 Å². The molecular formula is C16H19ClFN5O. The maximum Gasteiger partial charge on any atom is 0.167 e. The van der Waals surface area contributed by atoms with Crippen molar-refractivity contribution in [2.45, 2.75) is 31.7 Å². The van der Waals surface area contributed by atoms with Crippen LogP contribution >= 0.6 is 11.6 Å². The molecule has 0 spiro atoms. The molecule has 0 unspecified atom stereocenters. The molecule has 1 saturated heterocycles. The van der Waals surface area contributed by atoms with Gasteiger partial charge in [-0.25, -0.2) is 19.0 Å². The molecular weight excluding hydrogens is 333 g/mol. The summed E-state index contributed by atoms with van der Waals surface area (Å²) in [6.07, 6.45) is 4.16. The lowest BCUT2D eigenvalue weighted by molar-refractivity contribution is 0.0835. The number of aromatic nitrogens is 4. The maximum absolute atomic E-state index is 14.1. The summed E-state index contributed by atoms with van der Waals surface area (Å²) in [4.78, 5) is 10.8. The number of hydrogen-bond donors (Lipinski definition) is 0. The molecule has 0 N–H and O–H groups in total. The largest absolute Gasteiger partial charge is 0.381 e. The van der Waals surface area contributed by atoms with Crippen molar-refractivity contribution in [2.24, 2.45) is 0 Å². The first-order valence-electron chi connectivity index (χ1n) is 8.28. The normalized spacial score (nSPS) is 19.2. The van der Waals surface area contributed by atoms with Gasteiger partial charge in [0.25, 0.3) is 0 Å². The molecule has 8 heteroatoms. The monoisotopic (exact) mass is 351 g/mol. The predicted octanol–water partition coefficient (Wildman–Crippen LogP) is 2.42. The van der Waals surface area contributed by atoms with Gasteiger partial charge in [0.1, 0.15) is 5.82 Å². The van der Waals surface area contributed by atoms with Crippen molar-refractivity contribution >= 4 is 17.4 Å². The molecule has 2 aromatic heterocycles. The number of ether oxygens (including phenoxy) is 1. The van der Waals surface area contributed by atoms with E-state index in [1.54, 1.807) is 0 Å². The zero-order valence-electron chi connectivity index (χ0n) is 13.3. The van der Waals surface area contributed by atoms with Gasteiger partial charge in [0.2, 0.25) is 0 Å². The van der Waals surface area contributed by atoms with Crippen molar-refractivity contribution in [2.75, 3.05) is 31.2 Å². The van der Waals surface area contributed by atoms with Crippen LogP contribution in [0.25, 0.3) is 0 Å². The van der Waals surface area contributed by atoms with Crippen LogP contribution in [0.3, 0.4) is 0 Å². The third-order valence-electron chi connectivity index (χ3n) is 4.63. The van der Waals surface area contributed by atoms with E-state index in [0.29, 0.717) is 36.4 Å². The van der Waals surface area contributed by atoms with Crippen LogP contribution in [0.5, 0.6) is 0 Å². The van der Waals surface area contributed by atoms with Crippen LogP contribution in [0.1, 0.15) is 30.4 Å². The molecule has 4 rings (SSSR count). The third kappa shape index (κ3) is 3.10. The van der Waals surface area contributed by atoms with E-state index < -0.39 is 5.82 Å². The molecule has 1 fully saturated rings. The van der Waals surface area contributed by atoms with Gasteiger partial charge in [-0.1, -0.05) is 11.6 Å². The lowest BCUT2D eigenvalue weighted by Gasteiger charge is -2.21. The molecule has 0 amide bonds. The fourth-order valence-electron chi connectivity index (χ4n) is 3.30. The Hall–Kier alpha value is -1.73. The summed E-state index contributed by atoms with van der Waals surface area (Å²) < 4.78 is 21.5. The third-order valence-corrected chi connectivity index (χ3v) is 4.83. The van der Waals surface area contributed by atoms with Gasteiger partial charge < -0.3 is 9.64 Å². The Bertz CT molecular complexity index is 706. The number of rotatable bonds is 2. The first-order chi connectivity index (χ1) is 11.7. The molecule has 2 aromatic rings. The van der Waals surface area contributed by atoms with Gasteiger partial charge in [-0.05, 0) is 18.9 Å². The predicted molar refractivity (Wildman–Crippen MR) is 87.9 cm³/mol. The van der Waals surface area contributed by atoms with Gasteiger partial charge in [0, 0.05) is 44.8 Å². The SMILES string of the molecule is Fc1cc(Cl)cnc1N1CCc2nc(C3CCOCC3)nn2CC1. The fraction of sp³-hybridized carbons (Fsp3) is 0.562. The van der Waals surface area contributed by atoms with Gasteiger partial charge in [-0.15, -0.1) is 0 Å². The van der Waals surface area contributed by atoms with Gasteiger partial charge in [0.05, 0.1) is 11.6 Å². The molecule has 2 aliphatic rings. The quantitative estimate of drug-likeness (QED) is 0.831. The highest BCUT2D eigenvalue weighted by molar-refractivity contribution is 6.30. The van der Waals surface area contributed by atoms with Crippen LogP contribution in [0.2, 0.25) is 5.02 Å². The van der Waals surface area contributed by atoms with Crippen LogP contribution in [-0.4, -0.2) is 46.1 Å². The Morgan fingerprint density at radius 3 is 2.83 bits per heavy atom. The highest BCUT2D eigenvalue weighted by Gasteiger charge is 2.24. The van der Waals surface area contributed by atoms with Crippen LogP contribution in [0.15, 0.2) is 12.3 Å². The molecule has 4 heterocycles. The lowest BCUT2D eigenvalue weighted by Crippen LogP contribution is -2.28. The first kappa shape index (κ1) is 15.8. The molecule has 6 nitrogen and oxygen atoms in total. The second-order valence-corrected chi connectivity index (χ2v) is 6.63. The molecule has 2 aliphatic heterocycles. The molecule has 0 aromatic carbocycles. The summed E-state index contributed by atoms with van der Waals surface area (Å²) in [5.41, 5.74) is 0. The minimum atomic E-state index is -0.391. The molecule has 0 radical (unpaired) electrons. The van der Waals surface area contributed by atoms with Gasteiger partial charge in [0.15, 0.2) is 17.5 Å².